The standard InChI is InChI=1S/C19H22FN3O3/c1-12-8-15(14-3-2-13(20)9-16(14)21-12)19(24)22-17-10-26-11-18(17)23-4-6-25-7-5-23/h2-3,8-9,17-18H,4-7,10-11H2,1H3,(H,22,24)/t17-,18-/m0/s1. The normalized spacial score (nSPS) is 24.1. The summed E-state index contributed by atoms with van der Waals surface area (Å²) in [5.41, 5.74) is 1.68. The summed E-state index contributed by atoms with van der Waals surface area (Å²) in [5.74, 6) is -0.542. The number of nitrogens with zero attached hydrogens (tertiary/aromatic N) is 2. The Morgan fingerprint density at radius 2 is 2.04 bits per heavy atom. The Hall–Kier alpha value is -2.09. The second-order valence-corrected chi connectivity index (χ2v) is 6.81. The largest absolute Gasteiger partial charge is 0.379 e. The summed E-state index contributed by atoms with van der Waals surface area (Å²) in [4.78, 5) is 19.6. The predicted molar refractivity (Wildman–Crippen MR) is 94.7 cm³/mol. The number of nitrogens with one attached hydrogen (secondary N) is 1. The molecule has 7 heteroatoms. The zero-order chi connectivity index (χ0) is 18.1. The van der Waals surface area contributed by atoms with Gasteiger partial charge in [-0.05, 0) is 25.1 Å². The second kappa shape index (κ2) is 7.26. The van der Waals surface area contributed by atoms with E-state index in [4.69, 9.17) is 9.47 Å². The second-order valence-electron chi connectivity index (χ2n) is 6.81. The topological polar surface area (TPSA) is 63.7 Å². The van der Waals surface area contributed by atoms with Gasteiger partial charge in [-0.3, -0.25) is 14.7 Å². The van der Waals surface area contributed by atoms with E-state index in [1.807, 2.05) is 0 Å². The molecule has 2 aliphatic heterocycles. The molecule has 4 rings (SSSR count). The van der Waals surface area contributed by atoms with Gasteiger partial charge in [0, 0.05) is 30.2 Å². The minimum absolute atomic E-state index is 0.0791. The monoisotopic (exact) mass is 359 g/mol. The summed E-state index contributed by atoms with van der Waals surface area (Å²) >= 11 is 0. The number of aryl methyl sites for hydroxylation is 1. The molecule has 1 N–H and O–H groups in total. The number of amides is 1. The highest BCUT2D eigenvalue weighted by atomic mass is 19.1. The van der Waals surface area contributed by atoms with E-state index in [2.05, 4.69) is 15.2 Å². The Kier molecular flexibility index (Phi) is 4.84. The van der Waals surface area contributed by atoms with E-state index < -0.39 is 0 Å². The van der Waals surface area contributed by atoms with Crippen molar-refractivity contribution in [2.75, 3.05) is 39.5 Å². The summed E-state index contributed by atoms with van der Waals surface area (Å²) in [5, 5.41) is 3.76. The SMILES string of the molecule is Cc1cc(C(=O)N[C@H]2COC[C@@H]2N2CCOCC2)c2ccc(F)cc2n1. The first-order chi connectivity index (χ1) is 12.6. The maximum Gasteiger partial charge on any atom is 0.252 e. The molecule has 2 aromatic rings. The minimum atomic E-state index is -0.362. The van der Waals surface area contributed by atoms with Crippen molar-refractivity contribution < 1.29 is 18.7 Å². The molecule has 0 aliphatic carbocycles. The number of fused-ring (bicyclic) bond motifs is 1. The average molecular weight is 359 g/mol. The van der Waals surface area contributed by atoms with Gasteiger partial charge in [0.05, 0.1) is 49.6 Å². The van der Waals surface area contributed by atoms with Gasteiger partial charge in [-0.1, -0.05) is 0 Å². The van der Waals surface area contributed by atoms with Gasteiger partial charge in [-0.25, -0.2) is 4.39 Å². The van der Waals surface area contributed by atoms with Crippen molar-refractivity contribution in [3.63, 3.8) is 0 Å². The number of hydrogen-bond donors (Lipinski definition) is 1. The highest BCUT2D eigenvalue weighted by Crippen LogP contribution is 2.21. The molecule has 2 atom stereocenters. The molecule has 2 fully saturated rings. The van der Waals surface area contributed by atoms with Crippen LogP contribution in [0.3, 0.4) is 0 Å². The van der Waals surface area contributed by atoms with Gasteiger partial charge in [0.1, 0.15) is 5.82 Å². The number of pyridine rings is 1. The van der Waals surface area contributed by atoms with Crippen molar-refractivity contribution in [2.24, 2.45) is 0 Å². The Bertz CT molecular complexity index is 818. The number of aromatic nitrogens is 1. The maximum absolute atomic E-state index is 13.5. The van der Waals surface area contributed by atoms with Crippen LogP contribution >= 0.6 is 0 Å². The maximum atomic E-state index is 13.5. The lowest BCUT2D eigenvalue weighted by atomic mass is 10.0. The Balaban J connectivity index is 1.57. The first-order valence-corrected chi connectivity index (χ1v) is 8.89. The lowest BCUT2D eigenvalue weighted by Gasteiger charge is -2.34. The third-order valence-electron chi connectivity index (χ3n) is 5.03. The molecule has 2 saturated heterocycles. The zero-order valence-electron chi connectivity index (χ0n) is 14.7. The highest BCUT2D eigenvalue weighted by Gasteiger charge is 2.35. The average Bonchev–Trinajstić information content (AvgIpc) is 3.09. The molecule has 6 nitrogen and oxygen atoms in total. The molecule has 1 aromatic carbocycles. The van der Waals surface area contributed by atoms with Crippen LogP contribution in [0, 0.1) is 12.7 Å². The van der Waals surface area contributed by atoms with Crippen LogP contribution in [0.2, 0.25) is 0 Å². The predicted octanol–water partition coefficient (Wildman–Crippen LogP) is 1.51. The molecule has 3 heterocycles. The number of rotatable bonds is 3. The van der Waals surface area contributed by atoms with Gasteiger partial charge in [-0.15, -0.1) is 0 Å². The lowest BCUT2D eigenvalue weighted by Crippen LogP contribution is -2.54. The van der Waals surface area contributed by atoms with Crippen molar-refractivity contribution in [1.82, 2.24) is 15.2 Å². The van der Waals surface area contributed by atoms with E-state index in [9.17, 15) is 9.18 Å². The van der Waals surface area contributed by atoms with Crippen LogP contribution in [-0.2, 0) is 9.47 Å². The van der Waals surface area contributed by atoms with E-state index in [0.717, 1.165) is 13.1 Å². The Labute approximate surface area is 151 Å². The fourth-order valence-corrected chi connectivity index (χ4v) is 3.72. The molecule has 2 aliphatic rings. The van der Waals surface area contributed by atoms with Crippen molar-refractivity contribution in [1.29, 1.82) is 0 Å². The van der Waals surface area contributed by atoms with E-state index in [0.29, 0.717) is 48.6 Å². The quantitative estimate of drug-likeness (QED) is 0.900. The summed E-state index contributed by atoms with van der Waals surface area (Å²) in [6.45, 7) is 5.99. The Morgan fingerprint density at radius 3 is 2.85 bits per heavy atom. The van der Waals surface area contributed by atoms with E-state index in [1.165, 1.54) is 12.1 Å². The van der Waals surface area contributed by atoms with Crippen LogP contribution in [0.4, 0.5) is 4.39 Å². The first kappa shape index (κ1) is 17.3. The third kappa shape index (κ3) is 3.42. The first-order valence-electron chi connectivity index (χ1n) is 8.89. The molecule has 0 radical (unpaired) electrons. The summed E-state index contributed by atoms with van der Waals surface area (Å²) < 4.78 is 24.5. The van der Waals surface area contributed by atoms with Crippen molar-refractivity contribution >= 4 is 16.8 Å². The fraction of sp³-hybridized carbons (Fsp3) is 0.474. The smallest absolute Gasteiger partial charge is 0.252 e. The minimum Gasteiger partial charge on any atom is -0.379 e. The summed E-state index contributed by atoms with van der Waals surface area (Å²) in [7, 11) is 0. The lowest BCUT2D eigenvalue weighted by molar-refractivity contribution is 0.0108. The van der Waals surface area contributed by atoms with Crippen molar-refractivity contribution in [2.45, 2.75) is 19.0 Å². The number of carbonyl (C=O) groups is 1. The van der Waals surface area contributed by atoms with Crippen molar-refractivity contribution in [3.8, 4) is 0 Å². The van der Waals surface area contributed by atoms with Gasteiger partial charge in [0.15, 0.2) is 0 Å². The van der Waals surface area contributed by atoms with E-state index >= 15 is 0 Å². The van der Waals surface area contributed by atoms with Crippen LogP contribution in [0.25, 0.3) is 10.9 Å². The van der Waals surface area contributed by atoms with Crippen LogP contribution in [0.1, 0.15) is 16.1 Å². The van der Waals surface area contributed by atoms with Gasteiger partial charge in [-0.2, -0.15) is 0 Å². The van der Waals surface area contributed by atoms with E-state index in [1.54, 1.807) is 19.1 Å². The molecule has 26 heavy (non-hydrogen) atoms. The van der Waals surface area contributed by atoms with Gasteiger partial charge >= 0.3 is 0 Å². The van der Waals surface area contributed by atoms with Crippen LogP contribution in [0.5, 0.6) is 0 Å². The molecule has 1 aromatic heterocycles. The molecular weight excluding hydrogens is 337 g/mol. The molecule has 0 bridgehead atoms. The Morgan fingerprint density at radius 1 is 1.23 bits per heavy atom. The van der Waals surface area contributed by atoms with Crippen molar-refractivity contribution in [3.05, 3.63) is 41.3 Å². The number of carbonyl (C=O) groups excluding carboxylic acids is 1. The van der Waals surface area contributed by atoms with Crippen LogP contribution < -0.4 is 5.32 Å². The molecule has 1 amide bonds. The fourth-order valence-electron chi connectivity index (χ4n) is 3.72. The molecule has 0 spiro atoms. The summed E-state index contributed by atoms with van der Waals surface area (Å²) in [6, 6.07) is 6.13. The molecular formula is C19H22FN3O3. The molecule has 0 unspecified atom stereocenters. The number of hydrogen-bond acceptors (Lipinski definition) is 5. The number of ether oxygens (including phenoxy) is 2. The summed E-state index contributed by atoms with van der Waals surface area (Å²) in [6.07, 6.45) is 0. The third-order valence-corrected chi connectivity index (χ3v) is 5.03. The van der Waals surface area contributed by atoms with Gasteiger partial charge < -0.3 is 14.8 Å². The number of morpholine rings is 1. The zero-order valence-corrected chi connectivity index (χ0v) is 14.7. The highest BCUT2D eigenvalue weighted by molar-refractivity contribution is 6.06. The molecule has 138 valence electrons. The van der Waals surface area contributed by atoms with E-state index in [-0.39, 0.29) is 23.8 Å². The molecule has 0 saturated carbocycles. The van der Waals surface area contributed by atoms with Crippen LogP contribution in [-0.4, -0.2) is 67.4 Å². The number of halogens is 1. The van der Waals surface area contributed by atoms with Gasteiger partial charge in [0.2, 0.25) is 0 Å². The number of benzene rings is 1. The van der Waals surface area contributed by atoms with Gasteiger partial charge in [0.25, 0.3) is 5.91 Å². The van der Waals surface area contributed by atoms with Crippen LogP contribution in [0.15, 0.2) is 24.3 Å².